The zero-order chi connectivity index (χ0) is 7.49. The van der Waals surface area contributed by atoms with Crippen molar-refractivity contribution in [2.75, 3.05) is 12.0 Å². The van der Waals surface area contributed by atoms with E-state index >= 15 is 0 Å². The molecule has 6 heteroatoms. The van der Waals surface area contributed by atoms with Crippen LogP contribution in [0.2, 0.25) is 0 Å². The van der Waals surface area contributed by atoms with Crippen molar-refractivity contribution in [1.82, 2.24) is 0 Å². The normalized spacial score (nSPS) is 15.6. The fourth-order valence-corrected chi connectivity index (χ4v) is 1.75. The van der Waals surface area contributed by atoms with Crippen LogP contribution in [0.25, 0.3) is 0 Å². The van der Waals surface area contributed by atoms with Gasteiger partial charge in [-0.15, -0.1) is 23.2 Å². The molecule has 0 amide bonds. The van der Waals surface area contributed by atoms with Crippen molar-refractivity contribution >= 4 is 30.8 Å². The molecule has 0 bridgehead atoms. The monoisotopic (exact) mass is 192 g/mol. The molecule has 0 rings (SSSR count). The highest BCUT2D eigenvalue weighted by Gasteiger charge is 2.18. The lowest BCUT2D eigenvalue weighted by Gasteiger charge is -2.05. The Kier molecular flexibility index (Phi) is 4.10. The quantitative estimate of drug-likeness (QED) is 0.519. The number of hydrogen-bond donors (Lipinski definition) is 2. The lowest BCUT2D eigenvalue weighted by Crippen LogP contribution is -2.06. The summed E-state index contributed by atoms with van der Waals surface area (Å²) < 4.78 is 10.2. The summed E-state index contributed by atoms with van der Waals surface area (Å²) in [5.41, 5.74) is 0. The number of alkyl halides is 2. The standard InChI is InChI=1S/C3H7Cl2O3P/c4-1-3(5)2-9(6,7)8/h3H,1-2H2,(H2,6,7,8). The Morgan fingerprint density at radius 1 is 1.56 bits per heavy atom. The first-order valence-corrected chi connectivity index (χ1v) is 4.97. The second-order valence-corrected chi connectivity index (χ2v) is 4.22. The molecule has 0 aliphatic rings. The first-order chi connectivity index (χ1) is 3.95. The maximum atomic E-state index is 10.2. The van der Waals surface area contributed by atoms with Gasteiger partial charge in [0.15, 0.2) is 0 Å². The molecule has 1 unspecified atom stereocenters. The van der Waals surface area contributed by atoms with Gasteiger partial charge in [0.1, 0.15) is 0 Å². The molecule has 3 nitrogen and oxygen atoms in total. The maximum absolute atomic E-state index is 10.2. The molecule has 0 radical (unpaired) electrons. The Morgan fingerprint density at radius 3 is 2.11 bits per heavy atom. The van der Waals surface area contributed by atoms with Crippen molar-refractivity contribution in [2.24, 2.45) is 0 Å². The molecule has 0 aromatic rings. The Hall–Kier alpha value is 0.730. The number of hydrogen-bond acceptors (Lipinski definition) is 1. The molecule has 0 aromatic carbocycles. The highest BCUT2D eigenvalue weighted by molar-refractivity contribution is 7.51. The van der Waals surface area contributed by atoms with Crippen LogP contribution in [0.1, 0.15) is 0 Å². The lowest BCUT2D eigenvalue weighted by molar-refractivity contribution is 0.373. The van der Waals surface area contributed by atoms with Crippen molar-refractivity contribution in [3.63, 3.8) is 0 Å². The van der Waals surface area contributed by atoms with Gasteiger partial charge in [0.05, 0.1) is 11.5 Å². The van der Waals surface area contributed by atoms with Crippen LogP contribution in [0, 0.1) is 0 Å². The van der Waals surface area contributed by atoms with Crippen LogP contribution in [-0.2, 0) is 4.57 Å². The molecule has 0 spiro atoms. The molecule has 0 aliphatic carbocycles. The van der Waals surface area contributed by atoms with Gasteiger partial charge in [-0.25, -0.2) is 0 Å². The van der Waals surface area contributed by atoms with Crippen molar-refractivity contribution in [2.45, 2.75) is 5.38 Å². The molecule has 56 valence electrons. The van der Waals surface area contributed by atoms with Gasteiger partial charge in [0, 0.05) is 5.88 Å². The Morgan fingerprint density at radius 2 is 2.00 bits per heavy atom. The van der Waals surface area contributed by atoms with E-state index in [9.17, 15) is 4.57 Å². The third kappa shape index (κ3) is 6.62. The number of rotatable bonds is 3. The average Bonchev–Trinajstić information content (AvgIpc) is 1.62. The van der Waals surface area contributed by atoms with Crippen molar-refractivity contribution in [3.05, 3.63) is 0 Å². The zero-order valence-electron chi connectivity index (χ0n) is 4.50. The zero-order valence-corrected chi connectivity index (χ0v) is 6.90. The summed E-state index contributed by atoms with van der Waals surface area (Å²) in [5, 5.41) is -0.632. The Labute approximate surface area is 63.1 Å². The van der Waals surface area contributed by atoms with Crippen LogP contribution < -0.4 is 0 Å². The summed E-state index contributed by atoms with van der Waals surface area (Å²) in [6, 6.07) is 0. The first-order valence-electron chi connectivity index (χ1n) is 2.20. The van der Waals surface area contributed by atoms with E-state index in [4.69, 9.17) is 33.0 Å². The van der Waals surface area contributed by atoms with E-state index in [1.165, 1.54) is 0 Å². The smallest absolute Gasteiger partial charge is 0.324 e. The highest BCUT2D eigenvalue weighted by Crippen LogP contribution is 2.36. The third-order valence-corrected chi connectivity index (χ3v) is 2.57. The van der Waals surface area contributed by atoms with Gasteiger partial charge in [-0.2, -0.15) is 0 Å². The van der Waals surface area contributed by atoms with Crippen molar-refractivity contribution in [3.8, 4) is 0 Å². The predicted molar refractivity (Wildman–Crippen MR) is 37.3 cm³/mol. The topological polar surface area (TPSA) is 57.5 Å². The molecule has 0 fully saturated rings. The average molecular weight is 193 g/mol. The lowest BCUT2D eigenvalue weighted by atomic mass is 10.6. The van der Waals surface area contributed by atoms with E-state index in [0.717, 1.165) is 0 Å². The second kappa shape index (κ2) is 3.79. The molecule has 0 saturated carbocycles. The summed E-state index contributed by atoms with van der Waals surface area (Å²) >= 11 is 10.5. The van der Waals surface area contributed by atoms with E-state index in [0.29, 0.717) is 0 Å². The van der Waals surface area contributed by atoms with Crippen LogP contribution in [0.15, 0.2) is 0 Å². The Bertz CT molecular complexity index is 122. The fraction of sp³-hybridized carbons (Fsp3) is 1.00. The summed E-state index contributed by atoms with van der Waals surface area (Å²) in [6.45, 7) is 0. The van der Waals surface area contributed by atoms with Gasteiger partial charge < -0.3 is 9.79 Å². The molecule has 2 N–H and O–H groups in total. The van der Waals surface area contributed by atoms with Gasteiger partial charge in [0.2, 0.25) is 0 Å². The van der Waals surface area contributed by atoms with Gasteiger partial charge in [0.25, 0.3) is 0 Å². The maximum Gasteiger partial charge on any atom is 0.327 e. The van der Waals surface area contributed by atoms with Crippen molar-refractivity contribution < 1.29 is 14.4 Å². The predicted octanol–water partition coefficient (Wildman–Crippen LogP) is 1.01. The molecule has 1 atom stereocenters. The molecule has 0 aromatic heterocycles. The van der Waals surface area contributed by atoms with Gasteiger partial charge in [-0.05, 0) is 0 Å². The fourth-order valence-electron chi connectivity index (χ4n) is 0.307. The third-order valence-electron chi connectivity index (χ3n) is 0.603. The largest absolute Gasteiger partial charge is 0.327 e. The Balaban J connectivity index is 3.60. The minimum Gasteiger partial charge on any atom is -0.324 e. The van der Waals surface area contributed by atoms with E-state index in [1.54, 1.807) is 0 Å². The van der Waals surface area contributed by atoms with Crippen LogP contribution >= 0.6 is 30.8 Å². The summed E-state index contributed by atoms with van der Waals surface area (Å²) in [6.07, 6.45) is -0.349. The molecular weight excluding hydrogens is 186 g/mol. The molecule has 9 heavy (non-hydrogen) atoms. The van der Waals surface area contributed by atoms with Gasteiger partial charge in [-0.1, -0.05) is 0 Å². The summed E-state index contributed by atoms with van der Waals surface area (Å²) in [7, 11) is -3.95. The summed E-state index contributed by atoms with van der Waals surface area (Å²) in [4.78, 5) is 16.6. The van der Waals surface area contributed by atoms with Crippen LogP contribution in [0.5, 0.6) is 0 Å². The second-order valence-electron chi connectivity index (χ2n) is 1.60. The number of halogens is 2. The summed E-state index contributed by atoms with van der Waals surface area (Å²) in [5.74, 6) is 0.0622. The first kappa shape index (κ1) is 9.73. The van der Waals surface area contributed by atoms with E-state index in [1.807, 2.05) is 0 Å². The van der Waals surface area contributed by atoms with Crippen LogP contribution in [0.4, 0.5) is 0 Å². The minimum absolute atomic E-state index is 0.0622. The molecule has 0 saturated heterocycles. The van der Waals surface area contributed by atoms with Crippen molar-refractivity contribution in [1.29, 1.82) is 0 Å². The van der Waals surface area contributed by atoms with Crippen LogP contribution in [0.3, 0.4) is 0 Å². The van der Waals surface area contributed by atoms with Gasteiger partial charge >= 0.3 is 7.60 Å². The van der Waals surface area contributed by atoms with Gasteiger partial charge in [-0.3, -0.25) is 4.57 Å². The molecule has 0 aliphatic heterocycles. The minimum atomic E-state index is -3.95. The highest BCUT2D eigenvalue weighted by atomic mass is 35.5. The molecule has 0 heterocycles. The van der Waals surface area contributed by atoms with E-state index < -0.39 is 13.0 Å². The van der Waals surface area contributed by atoms with E-state index in [2.05, 4.69) is 0 Å². The molecular formula is C3H7Cl2O3P. The van der Waals surface area contributed by atoms with E-state index in [-0.39, 0.29) is 12.0 Å². The van der Waals surface area contributed by atoms with Crippen LogP contribution in [-0.4, -0.2) is 27.2 Å². The SMILES string of the molecule is O=P(O)(O)CC(Cl)CCl.